The summed E-state index contributed by atoms with van der Waals surface area (Å²) in [5.74, 6) is 2.01. The van der Waals surface area contributed by atoms with Gasteiger partial charge in [-0.15, -0.1) is 0 Å². The van der Waals surface area contributed by atoms with E-state index in [0.717, 1.165) is 11.8 Å². The second kappa shape index (κ2) is 6.73. The minimum atomic E-state index is 1.00. The van der Waals surface area contributed by atoms with Crippen LogP contribution in [0.2, 0.25) is 0 Å². The largest absolute Gasteiger partial charge is 0.0623 e. The standard InChI is InChI=1S/C8H10.C8H16/c1-7-3-5-8(2)6-4-7;1-7-5-3-4-6-8(7)2/h3-6H,1-2H3;7-8H,3-6H2,1-2H3. The predicted octanol–water partition coefficient (Wildman–Crippen LogP) is 5.14. The van der Waals surface area contributed by atoms with E-state index in [4.69, 9.17) is 0 Å². The van der Waals surface area contributed by atoms with Gasteiger partial charge in [-0.2, -0.15) is 0 Å². The Labute approximate surface area is 101 Å². The van der Waals surface area contributed by atoms with E-state index < -0.39 is 0 Å². The zero-order chi connectivity index (χ0) is 12.0. The van der Waals surface area contributed by atoms with Crippen molar-refractivity contribution in [1.82, 2.24) is 0 Å². The second-order valence-electron chi connectivity index (χ2n) is 5.39. The average molecular weight is 218 g/mol. The summed E-state index contributed by atoms with van der Waals surface area (Å²) in [6.45, 7) is 8.95. The van der Waals surface area contributed by atoms with Gasteiger partial charge in [-0.3, -0.25) is 0 Å². The van der Waals surface area contributed by atoms with Crippen molar-refractivity contribution in [1.29, 1.82) is 0 Å². The molecule has 0 heteroatoms. The number of benzene rings is 1. The molecule has 0 radical (unpaired) electrons. The third kappa shape index (κ3) is 4.83. The van der Waals surface area contributed by atoms with E-state index in [1.165, 1.54) is 36.8 Å². The highest BCUT2D eigenvalue weighted by Crippen LogP contribution is 2.28. The van der Waals surface area contributed by atoms with Gasteiger partial charge >= 0.3 is 0 Å². The molecule has 0 aromatic heterocycles. The van der Waals surface area contributed by atoms with Gasteiger partial charge in [0.15, 0.2) is 0 Å². The minimum Gasteiger partial charge on any atom is -0.0623 e. The first kappa shape index (κ1) is 13.3. The minimum absolute atomic E-state index is 1.00. The van der Waals surface area contributed by atoms with Crippen LogP contribution in [0.5, 0.6) is 0 Å². The Hall–Kier alpha value is -0.780. The number of hydrogen-bond acceptors (Lipinski definition) is 0. The maximum atomic E-state index is 2.38. The van der Waals surface area contributed by atoms with Crippen LogP contribution in [0.1, 0.15) is 50.7 Å². The van der Waals surface area contributed by atoms with Gasteiger partial charge in [-0.25, -0.2) is 0 Å². The highest BCUT2D eigenvalue weighted by molar-refractivity contribution is 5.19. The molecular weight excluding hydrogens is 192 g/mol. The van der Waals surface area contributed by atoms with Crippen LogP contribution in [0.3, 0.4) is 0 Å². The molecule has 16 heavy (non-hydrogen) atoms. The smallest absolute Gasteiger partial charge is 0.0398 e. The van der Waals surface area contributed by atoms with E-state index in [0.29, 0.717) is 0 Å². The fraction of sp³-hybridized carbons (Fsp3) is 0.625. The van der Waals surface area contributed by atoms with Crippen molar-refractivity contribution in [3.05, 3.63) is 35.4 Å². The molecule has 0 nitrogen and oxygen atoms in total. The Morgan fingerprint density at radius 2 is 1.06 bits per heavy atom. The average Bonchev–Trinajstić information content (AvgIpc) is 2.28. The van der Waals surface area contributed by atoms with Gasteiger partial charge in [0.05, 0.1) is 0 Å². The molecular formula is C16H26. The van der Waals surface area contributed by atoms with E-state index in [1.807, 2.05) is 0 Å². The SMILES string of the molecule is CC1CCCCC1C.Cc1ccc(C)cc1. The zero-order valence-electron chi connectivity index (χ0n) is 11.3. The van der Waals surface area contributed by atoms with Crippen molar-refractivity contribution < 1.29 is 0 Å². The van der Waals surface area contributed by atoms with Crippen LogP contribution in [-0.2, 0) is 0 Å². The number of aryl methyl sites for hydroxylation is 2. The Morgan fingerprint density at radius 3 is 1.31 bits per heavy atom. The molecule has 2 atom stereocenters. The van der Waals surface area contributed by atoms with Gasteiger partial charge < -0.3 is 0 Å². The number of rotatable bonds is 0. The first-order chi connectivity index (χ1) is 7.59. The molecule has 2 unspecified atom stereocenters. The maximum Gasteiger partial charge on any atom is -0.0398 e. The summed E-state index contributed by atoms with van der Waals surface area (Å²) >= 11 is 0. The molecule has 1 aromatic carbocycles. The summed E-state index contributed by atoms with van der Waals surface area (Å²) < 4.78 is 0. The van der Waals surface area contributed by atoms with E-state index in [-0.39, 0.29) is 0 Å². The lowest BCUT2D eigenvalue weighted by atomic mass is 9.82. The van der Waals surface area contributed by atoms with Crippen LogP contribution in [0.25, 0.3) is 0 Å². The van der Waals surface area contributed by atoms with Gasteiger partial charge in [-0.05, 0) is 25.7 Å². The van der Waals surface area contributed by atoms with Crippen molar-refractivity contribution in [2.24, 2.45) is 11.8 Å². The molecule has 1 saturated carbocycles. The van der Waals surface area contributed by atoms with E-state index >= 15 is 0 Å². The monoisotopic (exact) mass is 218 g/mol. The molecule has 90 valence electrons. The van der Waals surface area contributed by atoms with Gasteiger partial charge in [0, 0.05) is 0 Å². The Bertz CT molecular complexity index is 252. The van der Waals surface area contributed by atoms with Crippen molar-refractivity contribution in [3.63, 3.8) is 0 Å². The van der Waals surface area contributed by atoms with Gasteiger partial charge in [0.2, 0.25) is 0 Å². The lowest BCUT2D eigenvalue weighted by molar-refractivity contribution is 0.277. The van der Waals surface area contributed by atoms with E-state index in [1.54, 1.807) is 0 Å². The molecule has 0 amide bonds. The Morgan fingerprint density at radius 1 is 0.750 bits per heavy atom. The van der Waals surface area contributed by atoms with E-state index in [9.17, 15) is 0 Å². The molecule has 1 aromatic rings. The van der Waals surface area contributed by atoms with Crippen LogP contribution in [-0.4, -0.2) is 0 Å². The summed E-state index contributed by atoms with van der Waals surface area (Å²) in [6.07, 6.45) is 5.90. The molecule has 0 heterocycles. The molecule has 0 aliphatic heterocycles. The van der Waals surface area contributed by atoms with Crippen LogP contribution < -0.4 is 0 Å². The van der Waals surface area contributed by atoms with Crippen molar-refractivity contribution in [2.75, 3.05) is 0 Å². The Kier molecular flexibility index (Phi) is 5.59. The first-order valence-electron chi connectivity index (χ1n) is 6.63. The molecule has 0 N–H and O–H groups in total. The third-order valence-electron chi connectivity index (χ3n) is 3.76. The second-order valence-corrected chi connectivity index (χ2v) is 5.39. The topological polar surface area (TPSA) is 0 Å². The van der Waals surface area contributed by atoms with Crippen molar-refractivity contribution in [3.8, 4) is 0 Å². The van der Waals surface area contributed by atoms with Crippen LogP contribution in [0.4, 0.5) is 0 Å². The summed E-state index contributed by atoms with van der Waals surface area (Å²) in [6, 6.07) is 8.48. The summed E-state index contributed by atoms with van der Waals surface area (Å²) in [4.78, 5) is 0. The molecule has 0 bridgehead atoms. The molecule has 0 saturated heterocycles. The molecule has 1 aliphatic rings. The van der Waals surface area contributed by atoms with Gasteiger partial charge in [0.25, 0.3) is 0 Å². The molecule has 0 spiro atoms. The highest BCUT2D eigenvalue weighted by atomic mass is 14.2. The quantitative estimate of drug-likeness (QED) is 0.566. The van der Waals surface area contributed by atoms with Crippen molar-refractivity contribution in [2.45, 2.75) is 53.4 Å². The van der Waals surface area contributed by atoms with Crippen LogP contribution in [0.15, 0.2) is 24.3 Å². The van der Waals surface area contributed by atoms with Crippen LogP contribution >= 0.6 is 0 Å². The maximum absolute atomic E-state index is 2.38. The van der Waals surface area contributed by atoms with Crippen LogP contribution in [0, 0.1) is 25.7 Å². The van der Waals surface area contributed by atoms with Gasteiger partial charge in [-0.1, -0.05) is 74.9 Å². The summed E-state index contributed by atoms with van der Waals surface area (Å²) in [5, 5.41) is 0. The third-order valence-corrected chi connectivity index (χ3v) is 3.76. The first-order valence-corrected chi connectivity index (χ1v) is 6.63. The van der Waals surface area contributed by atoms with Gasteiger partial charge in [0.1, 0.15) is 0 Å². The summed E-state index contributed by atoms with van der Waals surface area (Å²) in [7, 11) is 0. The lowest BCUT2D eigenvalue weighted by Gasteiger charge is -2.24. The lowest BCUT2D eigenvalue weighted by Crippen LogP contribution is -2.12. The molecule has 2 rings (SSSR count). The normalized spacial score (nSPS) is 24.5. The Balaban J connectivity index is 0.000000160. The highest BCUT2D eigenvalue weighted by Gasteiger charge is 2.15. The van der Waals surface area contributed by atoms with Crippen molar-refractivity contribution >= 4 is 0 Å². The predicted molar refractivity (Wildman–Crippen MR) is 72.7 cm³/mol. The molecule has 1 aliphatic carbocycles. The fourth-order valence-corrected chi connectivity index (χ4v) is 2.14. The summed E-state index contributed by atoms with van der Waals surface area (Å²) in [5.41, 5.74) is 2.66. The number of hydrogen-bond donors (Lipinski definition) is 0. The molecule has 1 fully saturated rings. The fourth-order valence-electron chi connectivity index (χ4n) is 2.14. The zero-order valence-corrected chi connectivity index (χ0v) is 11.3. The van der Waals surface area contributed by atoms with E-state index in [2.05, 4.69) is 52.0 Å².